The third-order valence-corrected chi connectivity index (χ3v) is 2.22. The second-order valence-electron chi connectivity index (χ2n) is 3.29. The zero-order chi connectivity index (χ0) is 11.9. The van der Waals surface area contributed by atoms with Crippen LogP contribution in [0.3, 0.4) is 0 Å². The van der Waals surface area contributed by atoms with E-state index in [1.165, 1.54) is 0 Å². The van der Waals surface area contributed by atoms with Crippen molar-refractivity contribution in [3.05, 3.63) is 59.5 Å². The van der Waals surface area contributed by atoms with E-state index in [0.29, 0.717) is 12.5 Å². The summed E-state index contributed by atoms with van der Waals surface area (Å²) in [6.07, 6.45) is 5.47. The van der Waals surface area contributed by atoms with Crippen LogP contribution in [0.15, 0.2) is 48.7 Å². The standard InChI is InChI=1S/C13H11ClN2O/c14-13-15-9-8-12(16-13)17-10-4-7-11-5-2-1-3-6-11/h1-9H,10H2. The fourth-order valence-electron chi connectivity index (χ4n) is 1.28. The molecule has 86 valence electrons. The van der Waals surface area contributed by atoms with Crippen LogP contribution in [0.4, 0.5) is 0 Å². The first-order chi connectivity index (χ1) is 8.34. The van der Waals surface area contributed by atoms with Crippen LogP contribution in [0.25, 0.3) is 6.08 Å². The Balaban J connectivity index is 1.86. The van der Waals surface area contributed by atoms with E-state index in [9.17, 15) is 0 Å². The van der Waals surface area contributed by atoms with Crippen molar-refractivity contribution in [1.29, 1.82) is 0 Å². The normalized spacial score (nSPS) is 10.6. The topological polar surface area (TPSA) is 35.0 Å². The number of benzene rings is 1. The van der Waals surface area contributed by atoms with E-state index in [1.807, 2.05) is 42.5 Å². The van der Waals surface area contributed by atoms with Gasteiger partial charge in [-0.25, -0.2) is 4.98 Å². The second kappa shape index (κ2) is 6.01. The molecule has 0 spiro atoms. The van der Waals surface area contributed by atoms with E-state index in [2.05, 4.69) is 9.97 Å². The fraction of sp³-hybridized carbons (Fsp3) is 0.0769. The van der Waals surface area contributed by atoms with Crippen molar-refractivity contribution in [2.45, 2.75) is 0 Å². The summed E-state index contributed by atoms with van der Waals surface area (Å²) >= 11 is 5.63. The first kappa shape index (κ1) is 11.6. The van der Waals surface area contributed by atoms with Crippen LogP contribution >= 0.6 is 11.6 Å². The van der Waals surface area contributed by atoms with E-state index in [4.69, 9.17) is 16.3 Å². The molecule has 0 saturated carbocycles. The summed E-state index contributed by atoms with van der Waals surface area (Å²) in [5, 5.41) is 0.189. The van der Waals surface area contributed by atoms with Crippen molar-refractivity contribution in [2.75, 3.05) is 6.61 Å². The van der Waals surface area contributed by atoms with Gasteiger partial charge in [-0.15, -0.1) is 0 Å². The Morgan fingerprint density at radius 2 is 2.00 bits per heavy atom. The van der Waals surface area contributed by atoms with E-state index < -0.39 is 0 Å². The highest BCUT2D eigenvalue weighted by Crippen LogP contribution is 2.08. The average Bonchev–Trinajstić information content (AvgIpc) is 2.36. The number of hydrogen-bond acceptors (Lipinski definition) is 3. The highest BCUT2D eigenvalue weighted by molar-refractivity contribution is 6.28. The molecule has 2 rings (SSSR count). The van der Waals surface area contributed by atoms with Gasteiger partial charge in [-0.2, -0.15) is 4.98 Å². The summed E-state index contributed by atoms with van der Waals surface area (Å²) in [7, 11) is 0. The van der Waals surface area contributed by atoms with E-state index >= 15 is 0 Å². The molecule has 0 saturated heterocycles. The maximum atomic E-state index is 5.63. The lowest BCUT2D eigenvalue weighted by molar-refractivity contribution is 0.348. The summed E-state index contributed by atoms with van der Waals surface area (Å²) in [5.74, 6) is 0.475. The summed E-state index contributed by atoms with van der Waals surface area (Å²) in [5.41, 5.74) is 1.14. The minimum Gasteiger partial charge on any atom is -0.473 e. The Kier molecular flexibility index (Phi) is 4.11. The molecule has 1 aromatic carbocycles. The van der Waals surface area contributed by atoms with E-state index in [1.54, 1.807) is 12.3 Å². The highest BCUT2D eigenvalue weighted by atomic mass is 35.5. The van der Waals surface area contributed by atoms with Gasteiger partial charge < -0.3 is 4.74 Å². The summed E-state index contributed by atoms with van der Waals surface area (Å²) in [6.45, 7) is 0.447. The molecule has 0 amide bonds. The van der Waals surface area contributed by atoms with Gasteiger partial charge in [0.05, 0.1) is 0 Å². The number of nitrogens with zero attached hydrogens (tertiary/aromatic N) is 2. The second-order valence-corrected chi connectivity index (χ2v) is 3.63. The van der Waals surface area contributed by atoms with Crippen LogP contribution in [-0.4, -0.2) is 16.6 Å². The van der Waals surface area contributed by atoms with Crippen LogP contribution in [0.5, 0.6) is 5.88 Å². The number of rotatable bonds is 4. The maximum Gasteiger partial charge on any atom is 0.225 e. The van der Waals surface area contributed by atoms with Gasteiger partial charge in [0.2, 0.25) is 11.2 Å². The minimum atomic E-state index is 0.189. The molecule has 0 aliphatic heterocycles. The molecule has 0 unspecified atom stereocenters. The molecule has 0 fully saturated rings. The van der Waals surface area contributed by atoms with Crippen molar-refractivity contribution in [2.24, 2.45) is 0 Å². The predicted molar refractivity (Wildman–Crippen MR) is 68.0 cm³/mol. The maximum absolute atomic E-state index is 5.63. The Morgan fingerprint density at radius 1 is 1.18 bits per heavy atom. The SMILES string of the molecule is Clc1nccc(OCC=Cc2ccccc2)n1. The molecule has 1 aromatic heterocycles. The molecule has 0 N–H and O–H groups in total. The average molecular weight is 247 g/mol. The Hall–Kier alpha value is -1.87. The van der Waals surface area contributed by atoms with Crippen LogP contribution in [0.1, 0.15) is 5.56 Å². The zero-order valence-corrected chi connectivity index (χ0v) is 9.84. The molecule has 3 nitrogen and oxygen atoms in total. The van der Waals surface area contributed by atoms with Crippen LogP contribution < -0.4 is 4.74 Å². The van der Waals surface area contributed by atoms with Crippen LogP contribution in [0.2, 0.25) is 5.28 Å². The number of ether oxygens (including phenoxy) is 1. The molecule has 2 aromatic rings. The summed E-state index contributed by atoms with van der Waals surface area (Å²) in [6, 6.07) is 11.7. The van der Waals surface area contributed by atoms with Gasteiger partial charge in [0.25, 0.3) is 0 Å². The highest BCUT2D eigenvalue weighted by Gasteiger charge is 1.95. The summed E-state index contributed by atoms with van der Waals surface area (Å²) < 4.78 is 5.39. The van der Waals surface area contributed by atoms with Gasteiger partial charge in [0.15, 0.2) is 0 Å². The van der Waals surface area contributed by atoms with Crippen molar-refractivity contribution < 1.29 is 4.74 Å². The van der Waals surface area contributed by atoms with Gasteiger partial charge >= 0.3 is 0 Å². The largest absolute Gasteiger partial charge is 0.473 e. The Bertz CT molecular complexity index is 500. The molecule has 0 aliphatic rings. The smallest absolute Gasteiger partial charge is 0.225 e. The first-order valence-electron chi connectivity index (χ1n) is 5.17. The lowest BCUT2D eigenvalue weighted by Crippen LogP contribution is -1.96. The van der Waals surface area contributed by atoms with Gasteiger partial charge in [0.1, 0.15) is 6.61 Å². The number of halogens is 1. The third kappa shape index (κ3) is 3.89. The Labute approximate surface area is 105 Å². The van der Waals surface area contributed by atoms with Crippen molar-refractivity contribution in [1.82, 2.24) is 9.97 Å². The molecular weight excluding hydrogens is 236 g/mol. The lowest BCUT2D eigenvalue weighted by atomic mass is 10.2. The quantitative estimate of drug-likeness (QED) is 0.777. The molecule has 1 heterocycles. The Morgan fingerprint density at radius 3 is 2.76 bits per heavy atom. The van der Waals surface area contributed by atoms with E-state index in [0.717, 1.165) is 5.56 Å². The van der Waals surface area contributed by atoms with Crippen LogP contribution in [-0.2, 0) is 0 Å². The molecule has 0 aliphatic carbocycles. The molecule has 0 radical (unpaired) electrons. The van der Waals surface area contributed by atoms with Gasteiger partial charge in [-0.3, -0.25) is 0 Å². The molecule has 4 heteroatoms. The van der Waals surface area contributed by atoms with Crippen molar-refractivity contribution >= 4 is 17.7 Å². The lowest BCUT2D eigenvalue weighted by Gasteiger charge is -2.00. The van der Waals surface area contributed by atoms with Gasteiger partial charge in [0, 0.05) is 12.3 Å². The van der Waals surface area contributed by atoms with Crippen molar-refractivity contribution in [3.8, 4) is 5.88 Å². The molecule has 0 atom stereocenters. The molecule has 17 heavy (non-hydrogen) atoms. The molecule has 0 bridgehead atoms. The fourth-order valence-corrected chi connectivity index (χ4v) is 1.42. The predicted octanol–water partition coefficient (Wildman–Crippen LogP) is 3.22. The number of hydrogen-bond donors (Lipinski definition) is 0. The first-order valence-corrected chi connectivity index (χ1v) is 5.55. The van der Waals surface area contributed by atoms with Gasteiger partial charge in [-0.1, -0.05) is 36.4 Å². The van der Waals surface area contributed by atoms with E-state index in [-0.39, 0.29) is 5.28 Å². The van der Waals surface area contributed by atoms with Gasteiger partial charge in [-0.05, 0) is 23.2 Å². The molecular formula is C13H11ClN2O. The summed E-state index contributed by atoms with van der Waals surface area (Å²) in [4.78, 5) is 7.69. The number of aromatic nitrogens is 2. The monoisotopic (exact) mass is 246 g/mol. The zero-order valence-electron chi connectivity index (χ0n) is 9.08. The third-order valence-electron chi connectivity index (χ3n) is 2.04. The minimum absolute atomic E-state index is 0.189. The van der Waals surface area contributed by atoms with Crippen LogP contribution in [0, 0.1) is 0 Å². The van der Waals surface area contributed by atoms with Crippen molar-refractivity contribution in [3.63, 3.8) is 0 Å².